The Hall–Kier alpha value is -2.30. The van der Waals surface area contributed by atoms with Crippen LogP contribution >= 0.6 is 0 Å². The zero-order chi connectivity index (χ0) is 12.0. The van der Waals surface area contributed by atoms with Crippen LogP contribution in [0.1, 0.15) is 11.4 Å². The maximum Gasteiger partial charge on any atom is 0.164 e. The van der Waals surface area contributed by atoms with Crippen LogP contribution in [0.5, 0.6) is 0 Å². The molecule has 0 unspecified atom stereocenters. The Kier molecular flexibility index (Phi) is 1.95. The fraction of sp³-hybridized carbons (Fsp3) is 0.167. The second kappa shape index (κ2) is 3.35. The van der Waals surface area contributed by atoms with E-state index in [1.807, 2.05) is 26.0 Å². The number of rotatable bonds is 1. The second-order valence-corrected chi connectivity index (χ2v) is 3.96. The molecule has 86 valence electrons. The lowest BCUT2D eigenvalue weighted by Gasteiger charge is -2.03. The van der Waals surface area contributed by atoms with Gasteiger partial charge in [-0.05, 0) is 26.0 Å². The van der Waals surface area contributed by atoms with Gasteiger partial charge >= 0.3 is 0 Å². The maximum atomic E-state index is 5.92. The highest BCUT2D eigenvalue weighted by Crippen LogP contribution is 2.24. The summed E-state index contributed by atoms with van der Waals surface area (Å²) in [6, 6.07) is 3.71. The summed E-state index contributed by atoms with van der Waals surface area (Å²) < 4.78 is 7.10. The third-order valence-electron chi connectivity index (χ3n) is 2.91. The molecule has 0 fully saturated rings. The molecule has 5 nitrogen and oxygen atoms in total. The van der Waals surface area contributed by atoms with E-state index in [4.69, 9.17) is 10.2 Å². The zero-order valence-electron chi connectivity index (χ0n) is 9.64. The van der Waals surface area contributed by atoms with Gasteiger partial charge in [-0.3, -0.25) is 0 Å². The summed E-state index contributed by atoms with van der Waals surface area (Å²) in [4.78, 5) is 4.35. The van der Waals surface area contributed by atoms with Gasteiger partial charge in [0.1, 0.15) is 5.58 Å². The van der Waals surface area contributed by atoms with Crippen molar-refractivity contribution >= 4 is 16.7 Å². The number of anilines is 1. The summed E-state index contributed by atoms with van der Waals surface area (Å²) in [6.07, 6.45) is 3.35. The Bertz CT molecular complexity index is 696. The molecule has 0 saturated carbocycles. The number of aryl methyl sites for hydroxylation is 1. The zero-order valence-corrected chi connectivity index (χ0v) is 9.64. The van der Waals surface area contributed by atoms with E-state index in [1.165, 1.54) is 0 Å². The Morgan fingerprint density at radius 2 is 2.12 bits per heavy atom. The molecule has 0 bridgehead atoms. The van der Waals surface area contributed by atoms with Crippen LogP contribution in [0.25, 0.3) is 16.8 Å². The fourth-order valence-corrected chi connectivity index (χ4v) is 1.91. The van der Waals surface area contributed by atoms with E-state index >= 15 is 0 Å². The smallest absolute Gasteiger partial charge is 0.164 e. The first-order chi connectivity index (χ1) is 8.18. The third kappa shape index (κ3) is 1.32. The van der Waals surface area contributed by atoms with Gasteiger partial charge in [-0.2, -0.15) is 5.10 Å². The standard InChI is InChI=1S/C12H12N4O/c1-7-11(13)8(2)16(15-7)12-9-4-6-17-10(9)3-5-14-12/h3-6H,13H2,1-2H3. The summed E-state index contributed by atoms with van der Waals surface area (Å²) in [5, 5.41) is 5.33. The number of pyridine rings is 1. The Morgan fingerprint density at radius 3 is 2.82 bits per heavy atom. The van der Waals surface area contributed by atoms with Gasteiger partial charge < -0.3 is 10.2 Å². The van der Waals surface area contributed by atoms with Crippen LogP contribution in [0.2, 0.25) is 0 Å². The Morgan fingerprint density at radius 1 is 1.29 bits per heavy atom. The third-order valence-corrected chi connectivity index (χ3v) is 2.91. The molecule has 17 heavy (non-hydrogen) atoms. The van der Waals surface area contributed by atoms with Gasteiger partial charge in [0.05, 0.1) is 28.7 Å². The van der Waals surface area contributed by atoms with Gasteiger partial charge in [0.2, 0.25) is 0 Å². The van der Waals surface area contributed by atoms with Crippen molar-refractivity contribution in [2.24, 2.45) is 0 Å². The van der Waals surface area contributed by atoms with Crippen molar-refractivity contribution in [1.82, 2.24) is 14.8 Å². The molecule has 0 amide bonds. The number of nitrogen functional groups attached to an aromatic ring is 1. The average molecular weight is 228 g/mol. The number of nitrogens with two attached hydrogens (primary N) is 1. The molecular weight excluding hydrogens is 216 g/mol. The molecule has 0 aliphatic heterocycles. The number of furan rings is 1. The van der Waals surface area contributed by atoms with Gasteiger partial charge in [-0.15, -0.1) is 0 Å². The summed E-state index contributed by atoms with van der Waals surface area (Å²) >= 11 is 0. The number of aromatic nitrogens is 3. The molecule has 2 N–H and O–H groups in total. The van der Waals surface area contributed by atoms with Gasteiger partial charge in [0, 0.05) is 6.20 Å². The van der Waals surface area contributed by atoms with E-state index in [0.29, 0.717) is 5.69 Å². The molecule has 3 heterocycles. The molecular formula is C12H12N4O. The monoisotopic (exact) mass is 228 g/mol. The average Bonchev–Trinajstić information content (AvgIpc) is 2.89. The van der Waals surface area contributed by atoms with Crippen LogP contribution < -0.4 is 5.73 Å². The van der Waals surface area contributed by atoms with Crippen molar-refractivity contribution < 1.29 is 4.42 Å². The van der Waals surface area contributed by atoms with Gasteiger partial charge in [-0.1, -0.05) is 0 Å². The lowest BCUT2D eigenvalue weighted by Crippen LogP contribution is -2.02. The highest BCUT2D eigenvalue weighted by Gasteiger charge is 2.13. The minimum absolute atomic E-state index is 0.701. The Labute approximate surface area is 97.9 Å². The minimum Gasteiger partial charge on any atom is -0.464 e. The van der Waals surface area contributed by atoms with E-state index < -0.39 is 0 Å². The first kappa shape index (κ1) is 9.89. The topological polar surface area (TPSA) is 69.9 Å². The SMILES string of the molecule is Cc1nn(-c2nccc3occc23)c(C)c1N. The van der Waals surface area contributed by atoms with E-state index in [-0.39, 0.29) is 0 Å². The molecule has 0 aliphatic rings. The van der Waals surface area contributed by atoms with Gasteiger partial charge in [0.15, 0.2) is 5.82 Å². The van der Waals surface area contributed by atoms with Crippen molar-refractivity contribution in [2.45, 2.75) is 13.8 Å². The number of nitrogens with zero attached hydrogens (tertiary/aromatic N) is 3. The molecule has 0 saturated heterocycles. The molecule has 0 aromatic carbocycles. The van der Waals surface area contributed by atoms with Crippen LogP contribution in [0, 0.1) is 13.8 Å². The fourth-order valence-electron chi connectivity index (χ4n) is 1.91. The highest BCUT2D eigenvalue weighted by atomic mass is 16.3. The molecule has 0 atom stereocenters. The minimum atomic E-state index is 0.701. The molecule has 0 radical (unpaired) electrons. The Balaban J connectivity index is 2.34. The van der Waals surface area contributed by atoms with Crippen LogP contribution in [-0.2, 0) is 0 Å². The van der Waals surface area contributed by atoms with Crippen molar-refractivity contribution in [2.75, 3.05) is 5.73 Å². The summed E-state index contributed by atoms with van der Waals surface area (Å²) in [5.41, 5.74) is 9.12. The summed E-state index contributed by atoms with van der Waals surface area (Å²) in [6.45, 7) is 3.81. The molecule has 0 spiro atoms. The van der Waals surface area contributed by atoms with Crippen LogP contribution in [0.3, 0.4) is 0 Å². The molecule has 3 aromatic rings. The first-order valence-corrected chi connectivity index (χ1v) is 5.33. The maximum absolute atomic E-state index is 5.92. The number of hydrogen-bond donors (Lipinski definition) is 1. The largest absolute Gasteiger partial charge is 0.464 e. The molecule has 5 heteroatoms. The molecule has 3 rings (SSSR count). The highest BCUT2D eigenvalue weighted by molar-refractivity contribution is 5.84. The van der Waals surface area contributed by atoms with Crippen molar-refractivity contribution in [3.8, 4) is 5.82 Å². The second-order valence-electron chi connectivity index (χ2n) is 3.96. The van der Waals surface area contributed by atoms with E-state index in [9.17, 15) is 0 Å². The van der Waals surface area contributed by atoms with Crippen LogP contribution in [0.4, 0.5) is 5.69 Å². The summed E-state index contributed by atoms with van der Waals surface area (Å²) in [5.74, 6) is 0.744. The number of hydrogen-bond acceptors (Lipinski definition) is 4. The number of fused-ring (bicyclic) bond motifs is 1. The lowest BCUT2D eigenvalue weighted by atomic mass is 10.3. The van der Waals surface area contributed by atoms with Crippen LogP contribution in [0.15, 0.2) is 29.0 Å². The predicted molar refractivity (Wildman–Crippen MR) is 65.0 cm³/mol. The van der Waals surface area contributed by atoms with Crippen molar-refractivity contribution in [3.63, 3.8) is 0 Å². The van der Waals surface area contributed by atoms with Crippen molar-refractivity contribution in [1.29, 1.82) is 0 Å². The van der Waals surface area contributed by atoms with E-state index in [2.05, 4.69) is 10.1 Å². The molecule has 0 aliphatic carbocycles. The normalized spacial score (nSPS) is 11.2. The van der Waals surface area contributed by atoms with E-state index in [1.54, 1.807) is 17.1 Å². The quantitative estimate of drug-likeness (QED) is 0.693. The van der Waals surface area contributed by atoms with Crippen LogP contribution in [-0.4, -0.2) is 14.8 Å². The van der Waals surface area contributed by atoms with Crippen molar-refractivity contribution in [3.05, 3.63) is 36.0 Å². The van der Waals surface area contributed by atoms with E-state index in [0.717, 1.165) is 28.2 Å². The molecule has 3 aromatic heterocycles. The summed E-state index contributed by atoms with van der Waals surface area (Å²) in [7, 11) is 0. The van der Waals surface area contributed by atoms with Gasteiger partial charge in [-0.25, -0.2) is 9.67 Å². The lowest BCUT2D eigenvalue weighted by molar-refractivity contribution is 0.615. The first-order valence-electron chi connectivity index (χ1n) is 5.33. The van der Waals surface area contributed by atoms with Gasteiger partial charge in [0.25, 0.3) is 0 Å². The predicted octanol–water partition coefficient (Wildman–Crippen LogP) is 2.21.